The molecule has 3 heteroatoms. The molecule has 3 rings (SSSR count). The lowest BCUT2D eigenvalue weighted by Gasteiger charge is -2.29. The van der Waals surface area contributed by atoms with Crippen molar-refractivity contribution in [3.8, 4) is 0 Å². The number of nitrogens with zero attached hydrogens (tertiary/aromatic N) is 2. The minimum absolute atomic E-state index is 0.643. The Hall–Kier alpha value is -1.45. The minimum Gasteiger partial charge on any atom is -0.330 e. The second-order valence-corrected chi connectivity index (χ2v) is 5.94. The highest BCUT2D eigenvalue weighted by Gasteiger charge is 2.29. The van der Waals surface area contributed by atoms with Gasteiger partial charge in [-0.05, 0) is 56.1 Å². The van der Waals surface area contributed by atoms with E-state index >= 15 is 0 Å². The fourth-order valence-corrected chi connectivity index (χ4v) is 3.50. The molecule has 1 saturated carbocycles. The third kappa shape index (κ3) is 2.69. The minimum atomic E-state index is 0.643. The molecule has 2 N–H and O–H groups in total. The molecule has 0 bridgehead atoms. The molecule has 0 amide bonds. The van der Waals surface area contributed by atoms with E-state index < -0.39 is 0 Å². The van der Waals surface area contributed by atoms with Crippen LogP contribution < -0.4 is 5.73 Å². The van der Waals surface area contributed by atoms with E-state index in [9.17, 15) is 0 Å². The van der Waals surface area contributed by atoms with E-state index in [0.717, 1.165) is 18.6 Å². The Morgan fingerprint density at radius 3 is 3.05 bits per heavy atom. The molecule has 1 aromatic carbocycles. The molecule has 0 spiro atoms. The fraction of sp³-hybridized carbons (Fsp3) is 0.471. The third-order valence-corrected chi connectivity index (χ3v) is 4.59. The lowest BCUT2D eigenvalue weighted by atomic mass is 10.0. The first-order valence-electron chi connectivity index (χ1n) is 7.52. The van der Waals surface area contributed by atoms with Crippen LogP contribution in [-0.2, 0) is 6.54 Å². The number of nitrogens with two attached hydrogens (primary N) is 1. The van der Waals surface area contributed by atoms with Gasteiger partial charge in [0.15, 0.2) is 0 Å². The second kappa shape index (κ2) is 5.90. The Kier molecular flexibility index (Phi) is 3.99. The second-order valence-electron chi connectivity index (χ2n) is 5.94. The SMILES string of the molecule is CN(Cc1ccc2ncccc2c1)C1CCCC1CN. The number of aromatic nitrogens is 1. The molecule has 106 valence electrons. The summed E-state index contributed by atoms with van der Waals surface area (Å²) in [5, 5.41) is 1.22. The molecule has 1 aliphatic carbocycles. The maximum atomic E-state index is 5.89. The van der Waals surface area contributed by atoms with Crippen LogP contribution in [-0.4, -0.2) is 29.5 Å². The normalized spacial score (nSPS) is 22.8. The number of fused-ring (bicyclic) bond motifs is 1. The molecule has 2 atom stereocenters. The number of hydrogen-bond acceptors (Lipinski definition) is 3. The van der Waals surface area contributed by atoms with Crippen molar-refractivity contribution in [2.24, 2.45) is 11.7 Å². The lowest BCUT2D eigenvalue weighted by Crippen LogP contribution is -2.37. The van der Waals surface area contributed by atoms with E-state index in [4.69, 9.17) is 5.73 Å². The molecule has 1 aliphatic rings. The van der Waals surface area contributed by atoms with Gasteiger partial charge in [0.25, 0.3) is 0 Å². The summed E-state index contributed by atoms with van der Waals surface area (Å²) in [6.45, 7) is 1.81. The largest absolute Gasteiger partial charge is 0.330 e. The van der Waals surface area contributed by atoms with Crippen molar-refractivity contribution < 1.29 is 0 Å². The van der Waals surface area contributed by atoms with Crippen molar-refractivity contribution in [3.05, 3.63) is 42.1 Å². The molecule has 3 nitrogen and oxygen atoms in total. The van der Waals surface area contributed by atoms with Crippen molar-refractivity contribution >= 4 is 10.9 Å². The average molecular weight is 269 g/mol. The monoisotopic (exact) mass is 269 g/mol. The summed E-state index contributed by atoms with van der Waals surface area (Å²) < 4.78 is 0. The summed E-state index contributed by atoms with van der Waals surface area (Å²) in [5.74, 6) is 0.669. The number of hydrogen-bond donors (Lipinski definition) is 1. The van der Waals surface area contributed by atoms with Gasteiger partial charge in [-0.25, -0.2) is 0 Å². The zero-order chi connectivity index (χ0) is 13.9. The van der Waals surface area contributed by atoms with Crippen molar-refractivity contribution in [2.75, 3.05) is 13.6 Å². The number of benzene rings is 1. The molecule has 2 aromatic rings. The third-order valence-electron chi connectivity index (χ3n) is 4.59. The van der Waals surface area contributed by atoms with Gasteiger partial charge >= 0.3 is 0 Å². The number of pyridine rings is 1. The molecule has 0 saturated heterocycles. The molecule has 2 unspecified atom stereocenters. The molecular formula is C17H23N3. The first-order valence-corrected chi connectivity index (χ1v) is 7.52. The Morgan fingerprint density at radius 2 is 2.20 bits per heavy atom. The van der Waals surface area contributed by atoms with Crippen molar-refractivity contribution in [1.82, 2.24) is 9.88 Å². The molecular weight excluding hydrogens is 246 g/mol. The van der Waals surface area contributed by atoms with Crippen LogP contribution in [0.15, 0.2) is 36.5 Å². The van der Waals surface area contributed by atoms with Gasteiger partial charge in [-0.2, -0.15) is 0 Å². The lowest BCUT2D eigenvalue weighted by molar-refractivity contribution is 0.193. The van der Waals surface area contributed by atoms with E-state index in [1.54, 1.807) is 0 Å². The first kappa shape index (κ1) is 13.5. The van der Waals surface area contributed by atoms with Gasteiger partial charge in [0.2, 0.25) is 0 Å². The van der Waals surface area contributed by atoms with Gasteiger partial charge in [0.1, 0.15) is 0 Å². The topological polar surface area (TPSA) is 42.2 Å². The Morgan fingerprint density at radius 1 is 1.30 bits per heavy atom. The predicted octanol–water partition coefficient (Wildman–Crippen LogP) is 2.79. The maximum Gasteiger partial charge on any atom is 0.0702 e. The van der Waals surface area contributed by atoms with E-state index in [2.05, 4.69) is 41.2 Å². The average Bonchev–Trinajstić information content (AvgIpc) is 2.95. The highest BCUT2D eigenvalue weighted by Crippen LogP contribution is 2.29. The van der Waals surface area contributed by atoms with E-state index in [1.165, 1.54) is 30.2 Å². The predicted molar refractivity (Wildman–Crippen MR) is 83.4 cm³/mol. The molecule has 20 heavy (non-hydrogen) atoms. The van der Waals surface area contributed by atoms with Crippen LogP contribution in [0.3, 0.4) is 0 Å². The summed E-state index contributed by atoms with van der Waals surface area (Å²) in [7, 11) is 2.23. The maximum absolute atomic E-state index is 5.89. The molecule has 1 aromatic heterocycles. The van der Waals surface area contributed by atoms with Gasteiger partial charge in [-0.1, -0.05) is 18.6 Å². The summed E-state index contributed by atoms with van der Waals surface area (Å²) >= 11 is 0. The molecule has 0 radical (unpaired) electrons. The summed E-state index contributed by atoms with van der Waals surface area (Å²) in [6, 6.07) is 11.3. The summed E-state index contributed by atoms with van der Waals surface area (Å²) in [6.07, 6.45) is 5.73. The highest BCUT2D eigenvalue weighted by atomic mass is 15.1. The number of rotatable bonds is 4. The quantitative estimate of drug-likeness (QED) is 0.928. The van der Waals surface area contributed by atoms with E-state index in [0.29, 0.717) is 12.0 Å². The summed E-state index contributed by atoms with van der Waals surface area (Å²) in [5.41, 5.74) is 8.32. The smallest absolute Gasteiger partial charge is 0.0702 e. The fourth-order valence-electron chi connectivity index (χ4n) is 3.50. The Bertz CT molecular complexity index is 581. The van der Waals surface area contributed by atoms with Crippen LogP contribution in [0.5, 0.6) is 0 Å². The van der Waals surface area contributed by atoms with Crippen LogP contribution in [0.25, 0.3) is 10.9 Å². The van der Waals surface area contributed by atoms with Crippen LogP contribution in [0.4, 0.5) is 0 Å². The standard InChI is InChI=1S/C17H23N3/c1-20(17-6-2-4-15(17)11-18)12-13-7-8-16-14(10-13)5-3-9-19-16/h3,5,7-10,15,17H,2,4,6,11-12,18H2,1H3. The van der Waals surface area contributed by atoms with Crippen molar-refractivity contribution in [3.63, 3.8) is 0 Å². The highest BCUT2D eigenvalue weighted by molar-refractivity contribution is 5.78. The first-order chi connectivity index (χ1) is 9.78. The van der Waals surface area contributed by atoms with Crippen molar-refractivity contribution in [1.29, 1.82) is 0 Å². The van der Waals surface area contributed by atoms with Gasteiger partial charge in [0, 0.05) is 24.2 Å². The summed E-state index contributed by atoms with van der Waals surface area (Å²) in [4.78, 5) is 6.85. The van der Waals surface area contributed by atoms with Gasteiger partial charge in [-0.3, -0.25) is 9.88 Å². The Labute approximate surface area is 120 Å². The van der Waals surface area contributed by atoms with Crippen LogP contribution in [0.2, 0.25) is 0 Å². The van der Waals surface area contributed by atoms with E-state index in [1.807, 2.05) is 12.3 Å². The molecule has 1 heterocycles. The van der Waals surface area contributed by atoms with Gasteiger partial charge in [0.05, 0.1) is 5.52 Å². The van der Waals surface area contributed by atoms with Crippen LogP contribution in [0, 0.1) is 5.92 Å². The van der Waals surface area contributed by atoms with Crippen LogP contribution >= 0.6 is 0 Å². The van der Waals surface area contributed by atoms with Gasteiger partial charge < -0.3 is 5.73 Å². The molecule has 1 fully saturated rings. The van der Waals surface area contributed by atoms with E-state index in [-0.39, 0.29) is 0 Å². The van der Waals surface area contributed by atoms with Gasteiger partial charge in [-0.15, -0.1) is 0 Å². The zero-order valence-electron chi connectivity index (χ0n) is 12.1. The van der Waals surface area contributed by atoms with Crippen molar-refractivity contribution in [2.45, 2.75) is 31.8 Å². The Balaban J connectivity index is 1.75. The molecule has 0 aliphatic heterocycles. The van der Waals surface area contributed by atoms with Crippen LogP contribution in [0.1, 0.15) is 24.8 Å². The zero-order valence-corrected chi connectivity index (χ0v) is 12.1.